The first-order valence-electron chi connectivity index (χ1n) is 10.2. The highest BCUT2D eigenvalue weighted by Crippen LogP contribution is 2.62. The van der Waals surface area contributed by atoms with E-state index >= 15 is 0 Å². The van der Waals surface area contributed by atoms with Gasteiger partial charge in [-0.05, 0) is 98.2 Å². The van der Waals surface area contributed by atoms with Gasteiger partial charge >= 0.3 is 0 Å². The minimum atomic E-state index is 0.346. The van der Waals surface area contributed by atoms with Crippen LogP contribution < -0.4 is 0 Å². The Bertz CT molecular complexity index is 585. The van der Waals surface area contributed by atoms with E-state index in [-0.39, 0.29) is 0 Å². The summed E-state index contributed by atoms with van der Waals surface area (Å²) in [7, 11) is 0. The molecule has 24 heavy (non-hydrogen) atoms. The van der Waals surface area contributed by atoms with Crippen LogP contribution in [0.2, 0.25) is 0 Å². The second kappa shape index (κ2) is 6.44. The molecule has 2 saturated carbocycles. The number of aliphatic hydroxyl groups excluding tert-OH is 1. The van der Waals surface area contributed by atoms with Crippen LogP contribution in [-0.4, -0.2) is 17.5 Å². The fraction of sp³-hybridized carbons (Fsp3) is 0.773. The minimum Gasteiger partial charge on any atom is -0.396 e. The Kier molecular flexibility index (Phi) is 4.45. The summed E-state index contributed by atoms with van der Waals surface area (Å²) >= 11 is 0. The first kappa shape index (κ1) is 16.6. The second-order valence-corrected chi connectivity index (χ2v) is 8.89. The Hall–Kier alpha value is -0.890. The number of unbranched alkanes of at least 4 members (excludes halogenated alkanes) is 1. The van der Waals surface area contributed by atoms with Gasteiger partial charge in [-0.2, -0.15) is 0 Å². The molecule has 1 N–H and O–H groups in total. The number of allylic oxidation sites excluding steroid dienone is 4. The molecule has 4 atom stereocenters. The molecule has 4 aliphatic rings. The molecule has 2 nitrogen and oxygen atoms in total. The number of carbonyl (C=O) groups is 1. The number of hydrogen-bond donors (Lipinski definition) is 1. The van der Waals surface area contributed by atoms with Gasteiger partial charge in [-0.1, -0.05) is 18.9 Å². The van der Waals surface area contributed by atoms with Crippen LogP contribution in [0, 0.1) is 23.2 Å². The summed E-state index contributed by atoms with van der Waals surface area (Å²) in [5.74, 6) is 2.88. The molecule has 4 rings (SSSR count). The summed E-state index contributed by atoms with van der Waals surface area (Å²) in [4.78, 5) is 11.8. The van der Waals surface area contributed by atoms with Gasteiger partial charge in [0, 0.05) is 13.0 Å². The second-order valence-electron chi connectivity index (χ2n) is 8.89. The number of rotatable bonds is 4. The third-order valence-electron chi connectivity index (χ3n) is 7.89. The van der Waals surface area contributed by atoms with E-state index in [1.165, 1.54) is 50.5 Å². The van der Waals surface area contributed by atoms with E-state index in [0.717, 1.165) is 43.4 Å². The van der Waals surface area contributed by atoms with Crippen LogP contribution in [0.3, 0.4) is 0 Å². The Morgan fingerprint density at radius 3 is 2.83 bits per heavy atom. The number of carbonyl (C=O) groups excluding carboxylic acids is 1. The predicted octanol–water partition coefficient (Wildman–Crippen LogP) is 4.97. The van der Waals surface area contributed by atoms with E-state index in [1.54, 1.807) is 11.1 Å². The molecule has 2 heteroatoms. The zero-order valence-electron chi connectivity index (χ0n) is 15.2. The van der Waals surface area contributed by atoms with Crippen LogP contribution in [0.15, 0.2) is 22.8 Å². The fourth-order valence-corrected chi connectivity index (χ4v) is 6.62. The minimum absolute atomic E-state index is 0.346. The maximum absolute atomic E-state index is 11.8. The van der Waals surface area contributed by atoms with Crippen molar-refractivity contribution in [2.75, 3.05) is 6.61 Å². The molecule has 0 aromatic heterocycles. The average Bonchev–Trinajstić information content (AvgIpc) is 2.91. The molecule has 0 aromatic carbocycles. The summed E-state index contributed by atoms with van der Waals surface area (Å²) in [5, 5.41) is 9.08. The number of hydrogen-bond acceptors (Lipinski definition) is 2. The summed E-state index contributed by atoms with van der Waals surface area (Å²) < 4.78 is 0. The van der Waals surface area contributed by atoms with E-state index in [4.69, 9.17) is 5.11 Å². The van der Waals surface area contributed by atoms with Crippen molar-refractivity contribution in [3.63, 3.8) is 0 Å². The summed E-state index contributed by atoms with van der Waals surface area (Å²) in [6.07, 6.45) is 15.0. The zero-order valence-corrected chi connectivity index (χ0v) is 15.2. The van der Waals surface area contributed by atoms with Crippen LogP contribution in [0.5, 0.6) is 0 Å². The number of aliphatic hydroxyl groups is 1. The van der Waals surface area contributed by atoms with Gasteiger partial charge in [0.1, 0.15) is 0 Å². The first-order chi connectivity index (χ1) is 11.6. The van der Waals surface area contributed by atoms with Crippen molar-refractivity contribution < 1.29 is 9.90 Å². The van der Waals surface area contributed by atoms with E-state index in [9.17, 15) is 4.79 Å². The van der Waals surface area contributed by atoms with Gasteiger partial charge in [0.05, 0.1) is 0 Å². The van der Waals surface area contributed by atoms with Crippen LogP contribution in [0.4, 0.5) is 0 Å². The lowest BCUT2D eigenvalue weighted by Gasteiger charge is -2.49. The SMILES string of the molecule is C[C@]12CCC3=C4CCC(=O)C=C4CC[C@H]3[C@@H]1CC[C@H]2CCCCO. The van der Waals surface area contributed by atoms with Crippen molar-refractivity contribution in [2.24, 2.45) is 23.2 Å². The van der Waals surface area contributed by atoms with Crippen molar-refractivity contribution in [3.8, 4) is 0 Å². The molecule has 4 aliphatic carbocycles. The zero-order chi connectivity index (χ0) is 16.7. The molecule has 0 spiro atoms. The lowest BCUT2D eigenvalue weighted by molar-refractivity contribution is -0.114. The van der Waals surface area contributed by atoms with E-state index in [2.05, 4.69) is 6.92 Å². The molecule has 0 radical (unpaired) electrons. The highest BCUT2D eigenvalue weighted by Gasteiger charge is 2.52. The van der Waals surface area contributed by atoms with Gasteiger partial charge < -0.3 is 5.11 Å². The molecule has 0 saturated heterocycles. The quantitative estimate of drug-likeness (QED) is 0.740. The predicted molar refractivity (Wildman–Crippen MR) is 96.6 cm³/mol. The van der Waals surface area contributed by atoms with Crippen molar-refractivity contribution >= 4 is 5.78 Å². The first-order valence-corrected chi connectivity index (χ1v) is 10.2. The maximum atomic E-state index is 11.8. The molecule has 0 amide bonds. The van der Waals surface area contributed by atoms with Crippen LogP contribution in [0.1, 0.15) is 77.6 Å². The molecule has 0 heterocycles. The average molecular weight is 328 g/mol. The van der Waals surface area contributed by atoms with Gasteiger partial charge in [-0.15, -0.1) is 0 Å². The van der Waals surface area contributed by atoms with E-state index in [0.29, 0.717) is 17.8 Å². The van der Waals surface area contributed by atoms with Crippen LogP contribution in [0.25, 0.3) is 0 Å². The molecular weight excluding hydrogens is 296 g/mol. The summed E-state index contributed by atoms with van der Waals surface area (Å²) in [6.45, 7) is 2.92. The molecular formula is C22H32O2. The molecule has 0 aliphatic heterocycles. The third-order valence-corrected chi connectivity index (χ3v) is 7.89. The van der Waals surface area contributed by atoms with Gasteiger partial charge in [-0.3, -0.25) is 4.79 Å². The van der Waals surface area contributed by atoms with Crippen molar-refractivity contribution in [2.45, 2.75) is 77.6 Å². The normalized spacial score (nSPS) is 38.5. The van der Waals surface area contributed by atoms with Crippen LogP contribution in [-0.2, 0) is 4.79 Å². The number of ketones is 1. The standard InChI is InChI=1S/C22H32O2/c1-22-12-11-19-18-9-7-17(24)14-15(18)5-8-20(19)21(22)10-6-16(22)4-2-3-13-23/h14,16,20-21,23H,2-13H2,1H3/t16-,20-,21+,22-/m1/s1. The number of fused-ring (bicyclic) bond motifs is 4. The Morgan fingerprint density at radius 2 is 2.00 bits per heavy atom. The summed E-state index contributed by atoms with van der Waals surface area (Å²) in [5.41, 5.74) is 5.25. The van der Waals surface area contributed by atoms with Crippen molar-refractivity contribution in [1.82, 2.24) is 0 Å². The topological polar surface area (TPSA) is 37.3 Å². The van der Waals surface area contributed by atoms with E-state index < -0.39 is 0 Å². The third kappa shape index (κ3) is 2.62. The highest BCUT2D eigenvalue weighted by atomic mass is 16.2. The smallest absolute Gasteiger partial charge is 0.156 e. The summed E-state index contributed by atoms with van der Waals surface area (Å²) in [6, 6.07) is 0. The van der Waals surface area contributed by atoms with Crippen LogP contribution >= 0.6 is 0 Å². The molecule has 132 valence electrons. The van der Waals surface area contributed by atoms with Gasteiger partial charge in [-0.25, -0.2) is 0 Å². The lowest BCUT2D eigenvalue weighted by atomic mass is 9.55. The largest absolute Gasteiger partial charge is 0.396 e. The van der Waals surface area contributed by atoms with E-state index in [1.807, 2.05) is 6.08 Å². The molecule has 0 bridgehead atoms. The van der Waals surface area contributed by atoms with Gasteiger partial charge in [0.2, 0.25) is 0 Å². The van der Waals surface area contributed by atoms with Gasteiger partial charge in [0.15, 0.2) is 5.78 Å². The Morgan fingerprint density at radius 1 is 1.12 bits per heavy atom. The molecule has 2 fully saturated rings. The van der Waals surface area contributed by atoms with Crippen molar-refractivity contribution in [3.05, 3.63) is 22.8 Å². The highest BCUT2D eigenvalue weighted by molar-refractivity contribution is 5.93. The Labute approximate surface area is 146 Å². The van der Waals surface area contributed by atoms with Crippen molar-refractivity contribution in [1.29, 1.82) is 0 Å². The molecule has 0 aromatic rings. The maximum Gasteiger partial charge on any atom is 0.156 e. The monoisotopic (exact) mass is 328 g/mol. The Balaban J connectivity index is 1.57. The fourth-order valence-electron chi connectivity index (χ4n) is 6.62. The lowest BCUT2D eigenvalue weighted by Crippen LogP contribution is -2.40. The van der Waals surface area contributed by atoms with Gasteiger partial charge in [0.25, 0.3) is 0 Å². The molecule has 0 unspecified atom stereocenters.